The molecule has 2 heterocycles. The fourth-order valence-electron chi connectivity index (χ4n) is 1.75. The highest BCUT2D eigenvalue weighted by Crippen LogP contribution is 2.27. The number of nitrogens with zero attached hydrogens (tertiary/aromatic N) is 4. The summed E-state index contributed by atoms with van der Waals surface area (Å²) in [6.07, 6.45) is 1.15. The van der Waals surface area contributed by atoms with E-state index in [0.29, 0.717) is 5.56 Å². The number of hydrogen-bond donors (Lipinski definition) is 1. The van der Waals surface area contributed by atoms with Crippen LogP contribution in [0.15, 0.2) is 24.8 Å². The van der Waals surface area contributed by atoms with Crippen LogP contribution in [-0.4, -0.2) is 26.3 Å². The zero-order valence-electron chi connectivity index (χ0n) is 10.1. The summed E-state index contributed by atoms with van der Waals surface area (Å²) in [5.74, 6) is -1.42. The van der Waals surface area contributed by atoms with Crippen LogP contribution in [0.2, 0.25) is 0 Å². The largest absolute Gasteiger partial charge is 0.451 e. The van der Waals surface area contributed by atoms with Crippen molar-refractivity contribution < 1.29 is 13.2 Å². The van der Waals surface area contributed by atoms with E-state index < -0.39 is 12.0 Å². The lowest BCUT2D eigenvalue weighted by Crippen LogP contribution is -2.16. The molecule has 2 rings (SSSR count). The molecular weight excluding hydrogens is 259 g/mol. The third-order valence-corrected chi connectivity index (χ3v) is 2.69. The zero-order chi connectivity index (χ0) is 14.0. The Bertz CT molecular complexity index is 546. The van der Waals surface area contributed by atoms with Gasteiger partial charge in [0.1, 0.15) is 0 Å². The molecule has 0 spiro atoms. The van der Waals surface area contributed by atoms with Crippen molar-refractivity contribution in [3.05, 3.63) is 41.7 Å². The highest BCUT2D eigenvalue weighted by molar-refractivity contribution is 5.27. The summed E-state index contributed by atoms with van der Waals surface area (Å²) in [6, 6.07) is 0. The van der Waals surface area contributed by atoms with Crippen molar-refractivity contribution in [2.45, 2.75) is 12.1 Å². The van der Waals surface area contributed by atoms with E-state index in [4.69, 9.17) is 5.73 Å². The highest BCUT2D eigenvalue weighted by Gasteiger charge is 2.34. The maximum absolute atomic E-state index is 12.4. The Morgan fingerprint density at radius 2 is 1.84 bits per heavy atom. The monoisotopic (exact) mass is 271 g/mol. The molecule has 0 aliphatic carbocycles. The molecule has 0 bridgehead atoms. The highest BCUT2D eigenvalue weighted by atomic mass is 19.4. The van der Waals surface area contributed by atoms with Gasteiger partial charge in [0, 0.05) is 38.1 Å². The van der Waals surface area contributed by atoms with Crippen molar-refractivity contribution in [2.24, 2.45) is 12.8 Å². The van der Waals surface area contributed by atoms with Gasteiger partial charge in [0.05, 0.1) is 6.20 Å². The van der Waals surface area contributed by atoms with Crippen molar-refractivity contribution in [2.75, 3.05) is 6.54 Å². The first-order valence-corrected chi connectivity index (χ1v) is 5.49. The lowest BCUT2D eigenvalue weighted by Gasteiger charge is -2.13. The van der Waals surface area contributed by atoms with Crippen LogP contribution in [0, 0.1) is 0 Å². The molecule has 0 saturated carbocycles. The van der Waals surface area contributed by atoms with E-state index in [0.717, 1.165) is 18.0 Å². The number of aryl methyl sites for hydroxylation is 1. The molecule has 0 saturated heterocycles. The summed E-state index contributed by atoms with van der Waals surface area (Å²) < 4.78 is 38.7. The minimum Gasteiger partial charge on any atom is -0.330 e. The third kappa shape index (κ3) is 2.90. The topological polar surface area (TPSA) is 69.6 Å². The van der Waals surface area contributed by atoms with Gasteiger partial charge in [-0.1, -0.05) is 0 Å². The molecular formula is C11H12F3N5. The van der Waals surface area contributed by atoms with Gasteiger partial charge in [-0.05, 0) is 11.1 Å². The van der Waals surface area contributed by atoms with Crippen LogP contribution in [0.25, 0.3) is 0 Å². The molecule has 0 radical (unpaired) electrons. The van der Waals surface area contributed by atoms with Crippen LogP contribution in [-0.2, 0) is 13.2 Å². The van der Waals surface area contributed by atoms with Gasteiger partial charge in [0.25, 0.3) is 0 Å². The molecule has 5 nitrogen and oxygen atoms in total. The van der Waals surface area contributed by atoms with E-state index in [1.165, 1.54) is 0 Å². The van der Waals surface area contributed by atoms with E-state index in [-0.39, 0.29) is 12.5 Å². The average Bonchev–Trinajstić information content (AvgIpc) is 2.76. The van der Waals surface area contributed by atoms with E-state index in [2.05, 4.69) is 15.1 Å². The predicted molar refractivity (Wildman–Crippen MR) is 61.1 cm³/mol. The SMILES string of the molecule is Cn1cc([C@H](CN)c2cnc(C(F)(F)F)nc2)cn1. The van der Waals surface area contributed by atoms with Gasteiger partial charge in [-0.2, -0.15) is 18.3 Å². The molecule has 0 unspecified atom stereocenters. The average molecular weight is 271 g/mol. The molecule has 0 amide bonds. The van der Waals surface area contributed by atoms with Crippen molar-refractivity contribution in [3.63, 3.8) is 0 Å². The van der Waals surface area contributed by atoms with E-state index in [1.54, 1.807) is 24.1 Å². The van der Waals surface area contributed by atoms with Gasteiger partial charge in [0.2, 0.25) is 5.82 Å². The number of hydrogen-bond acceptors (Lipinski definition) is 4. The van der Waals surface area contributed by atoms with Crippen molar-refractivity contribution >= 4 is 0 Å². The Kier molecular flexibility index (Phi) is 3.52. The second kappa shape index (κ2) is 4.96. The van der Waals surface area contributed by atoms with Gasteiger partial charge in [0.15, 0.2) is 0 Å². The van der Waals surface area contributed by atoms with Crippen LogP contribution in [0.3, 0.4) is 0 Å². The van der Waals surface area contributed by atoms with Crippen LogP contribution in [0.1, 0.15) is 22.9 Å². The Balaban J connectivity index is 2.30. The van der Waals surface area contributed by atoms with Gasteiger partial charge in [-0.3, -0.25) is 4.68 Å². The lowest BCUT2D eigenvalue weighted by molar-refractivity contribution is -0.145. The summed E-state index contributed by atoms with van der Waals surface area (Å²) in [5.41, 5.74) is 7.00. The maximum Gasteiger partial charge on any atom is 0.451 e. The minimum atomic E-state index is -4.54. The molecule has 2 N–H and O–H groups in total. The number of rotatable bonds is 3. The normalized spacial score (nSPS) is 13.5. The fourth-order valence-corrected chi connectivity index (χ4v) is 1.75. The van der Waals surface area contributed by atoms with Crippen molar-refractivity contribution in [1.82, 2.24) is 19.7 Å². The number of nitrogens with two attached hydrogens (primary N) is 1. The third-order valence-electron chi connectivity index (χ3n) is 2.69. The number of aromatic nitrogens is 4. The standard InChI is InChI=1S/C11H12F3N5/c1-19-6-8(5-18-19)9(2-15)7-3-16-10(17-4-7)11(12,13)14/h3-6,9H,2,15H2,1H3/t9-/m1/s1. The van der Waals surface area contributed by atoms with E-state index in [1.807, 2.05) is 0 Å². The van der Waals surface area contributed by atoms with Gasteiger partial charge in [-0.15, -0.1) is 0 Å². The molecule has 0 fully saturated rings. The first-order valence-electron chi connectivity index (χ1n) is 5.49. The maximum atomic E-state index is 12.4. The van der Waals surface area contributed by atoms with Crippen LogP contribution < -0.4 is 5.73 Å². The van der Waals surface area contributed by atoms with Crippen LogP contribution in [0.4, 0.5) is 13.2 Å². The Morgan fingerprint density at radius 1 is 1.21 bits per heavy atom. The summed E-state index contributed by atoms with van der Waals surface area (Å²) in [7, 11) is 1.75. The molecule has 2 aromatic heterocycles. The molecule has 8 heteroatoms. The summed E-state index contributed by atoms with van der Waals surface area (Å²) in [6.45, 7) is 0.237. The number of halogens is 3. The quantitative estimate of drug-likeness (QED) is 0.914. The number of alkyl halides is 3. The lowest BCUT2D eigenvalue weighted by atomic mass is 9.96. The molecule has 102 valence electrons. The smallest absolute Gasteiger partial charge is 0.330 e. The van der Waals surface area contributed by atoms with Gasteiger partial charge < -0.3 is 5.73 Å². The van der Waals surface area contributed by atoms with Crippen LogP contribution in [0.5, 0.6) is 0 Å². The molecule has 1 atom stereocenters. The Hall–Kier alpha value is -1.96. The summed E-state index contributed by atoms with van der Waals surface area (Å²) in [4.78, 5) is 6.66. The van der Waals surface area contributed by atoms with E-state index in [9.17, 15) is 13.2 Å². The molecule has 0 aliphatic heterocycles. The second-order valence-corrected chi connectivity index (χ2v) is 4.07. The van der Waals surface area contributed by atoms with Gasteiger partial charge in [-0.25, -0.2) is 9.97 Å². The second-order valence-electron chi connectivity index (χ2n) is 4.07. The molecule has 19 heavy (non-hydrogen) atoms. The summed E-state index contributed by atoms with van der Waals surface area (Å²) in [5, 5.41) is 4.01. The first-order chi connectivity index (χ1) is 8.91. The molecule has 0 aliphatic rings. The van der Waals surface area contributed by atoms with Gasteiger partial charge >= 0.3 is 6.18 Å². The first kappa shape index (κ1) is 13.5. The molecule has 2 aromatic rings. The predicted octanol–water partition coefficient (Wildman–Crippen LogP) is 1.32. The minimum absolute atomic E-state index is 0.237. The Morgan fingerprint density at radius 3 is 2.26 bits per heavy atom. The van der Waals surface area contributed by atoms with Crippen LogP contribution >= 0.6 is 0 Å². The Labute approximate surface area is 107 Å². The van der Waals surface area contributed by atoms with Crippen molar-refractivity contribution in [1.29, 1.82) is 0 Å². The van der Waals surface area contributed by atoms with E-state index >= 15 is 0 Å². The molecule has 0 aromatic carbocycles. The summed E-state index contributed by atoms with van der Waals surface area (Å²) >= 11 is 0. The van der Waals surface area contributed by atoms with Crippen molar-refractivity contribution in [3.8, 4) is 0 Å². The fraction of sp³-hybridized carbons (Fsp3) is 0.364. The zero-order valence-corrected chi connectivity index (χ0v) is 10.1.